The fourth-order valence-electron chi connectivity index (χ4n) is 1.85. The van der Waals surface area contributed by atoms with E-state index >= 15 is 0 Å². The Hall–Kier alpha value is -1.55. The Balaban J connectivity index is 2.50. The fourth-order valence-corrected chi connectivity index (χ4v) is 2.77. The van der Waals surface area contributed by atoms with Crippen LogP contribution < -0.4 is 4.74 Å². The number of thioether (sulfide) groups is 1. The molecule has 19 heavy (non-hydrogen) atoms. The molecule has 0 saturated heterocycles. The molecule has 1 atom stereocenters. The molecule has 0 unspecified atom stereocenters. The normalized spacial score (nSPS) is 12.4. The van der Waals surface area contributed by atoms with Gasteiger partial charge in [-0.25, -0.2) is 4.98 Å². The van der Waals surface area contributed by atoms with E-state index in [1.165, 1.54) is 11.8 Å². The van der Waals surface area contributed by atoms with Gasteiger partial charge in [0.1, 0.15) is 17.0 Å². The first-order chi connectivity index (χ1) is 9.02. The topological polar surface area (TPSA) is 39.2 Å². The van der Waals surface area contributed by atoms with Crippen molar-refractivity contribution in [3.8, 4) is 5.75 Å². The second kappa shape index (κ2) is 5.61. The third kappa shape index (κ3) is 2.89. The number of ether oxygens (including phenoxy) is 1. The summed E-state index contributed by atoms with van der Waals surface area (Å²) in [4.78, 5) is 16.0. The van der Waals surface area contributed by atoms with Crippen LogP contribution in [0.25, 0.3) is 10.9 Å². The van der Waals surface area contributed by atoms with E-state index in [4.69, 9.17) is 4.74 Å². The van der Waals surface area contributed by atoms with Crippen molar-refractivity contribution in [3.63, 3.8) is 0 Å². The van der Waals surface area contributed by atoms with E-state index in [2.05, 4.69) is 4.98 Å². The highest BCUT2D eigenvalue weighted by Gasteiger charge is 2.13. The van der Waals surface area contributed by atoms with Crippen LogP contribution in [0.3, 0.4) is 0 Å². The van der Waals surface area contributed by atoms with Gasteiger partial charge < -0.3 is 4.74 Å². The summed E-state index contributed by atoms with van der Waals surface area (Å²) in [6.45, 7) is 5.55. The van der Waals surface area contributed by atoms with Crippen LogP contribution in [0.5, 0.6) is 5.75 Å². The number of rotatable bonds is 4. The summed E-state index contributed by atoms with van der Waals surface area (Å²) in [6, 6.07) is 7.91. The number of ketones is 1. The molecule has 3 nitrogen and oxygen atoms in total. The van der Waals surface area contributed by atoms with Crippen molar-refractivity contribution in [2.45, 2.75) is 31.0 Å². The molecule has 0 aliphatic rings. The van der Waals surface area contributed by atoms with E-state index in [0.717, 1.165) is 27.2 Å². The predicted octanol–water partition coefficient (Wildman–Crippen LogP) is 3.62. The molecule has 0 aliphatic heterocycles. The minimum atomic E-state index is -0.0842. The number of carbonyl (C=O) groups is 1. The van der Waals surface area contributed by atoms with Gasteiger partial charge in [0.15, 0.2) is 0 Å². The van der Waals surface area contributed by atoms with Gasteiger partial charge >= 0.3 is 0 Å². The number of hydrogen-bond donors (Lipinski definition) is 0. The first-order valence-corrected chi connectivity index (χ1v) is 7.02. The van der Waals surface area contributed by atoms with Gasteiger partial charge in [0.05, 0.1) is 17.4 Å². The van der Waals surface area contributed by atoms with Crippen LogP contribution in [-0.2, 0) is 4.79 Å². The summed E-state index contributed by atoms with van der Waals surface area (Å²) in [5.41, 5.74) is 1.99. The summed E-state index contributed by atoms with van der Waals surface area (Å²) < 4.78 is 5.35. The lowest BCUT2D eigenvalue weighted by atomic mass is 10.1. The summed E-state index contributed by atoms with van der Waals surface area (Å²) in [7, 11) is 1.64. The van der Waals surface area contributed by atoms with Gasteiger partial charge in [0.2, 0.25) is 0 Å². The van der Waals surface area contributed by atoms with Crippen molar-refractivity contribution >= 4 is 28.4 Å². The maximum Gasteiger partial charge on any atom is 0.145 e. The lowest BCUT2D eigenvalue weighted by molar-refractivity contribution is -0.116. The number of para-hydroxylation sites is 1. The average molecular weight is 275 g/mol. The smallest absolute Gasteiger partial charge is 0.145 e. The van der Waals surface area contributed by atoms with Gasteiger partial charge in [-0.15, -0.1) is 0 Å². The maximum atomic E-state index is 11.3. The van der Waals surface area contributed by atoms with E-state index in [0.29, 0.717) is 0 Å². The highest BCUT2D eigenvalue weighted by Crippen LogP contribution is 2.31. The zero-order chi connectivity index (χ0) is 14.0. The summed E-state index contributed by atoms with van der Waals surface area (Å²) >= 11 is 1.48. The molecule has 0 amide bonds. The van der Waals surface area contributed by atoms with E-state index in [1.807, 2.05) is 38.1 Å². The van der Waals surface area contributed by atoms with Gasteiger partial charge in [-0.05, 0) is 38.5 Å². The third-order valence-electron chi connectivity index (χ3n) is 3.08. The quantitative estimate of drug-likeness (QED) is 0.799. The zero-order valence-corrected chi connectivity index (χ0v) is 12.4. The second-order valence-corrected chi connectivity index (χ2v) is 5.87. The van der Waals surface area contributed by atoms with Gasteiger partial charge in [-0.3, -0.25) is 4.79 Å². The number of hydrogen-bond acceptors (Lipinski definition) is 4. The zero-order valence-electron chi connectivity index (χ0n) is 11.6. The molecule has 0 spiro atoms. The SMILES string of the molecule is COc1cccc2c(C)cc(S[C@@H](C)C(C)=O)nc12. The number of nitrogens with zero attached hydrogens (tertiary/aromatic N) is 1. The van der Waals surface area contributed by atoms with Crippen LogP contribution in [0.2, 0.25) is 0 Å². The number of aryl methyl sites for hydroxylation is 1. The van der Waals surface area contributed by atoms with Crippen LogP contribution in [0.15, 0.2) is 29.3 Å². The van der Waals surface area contributed by atoms with Crippen molar-refractivity contribution in [1.29, 1.82) is 0 Å². The van der Waals surface area contributed by atoms with E-state index in [-0.39, 0.29) is 11.0 Å². The summed E-state index contributed by atoms with van der Waals surface area (Å²) in [6.07, 6.45) is 0. The van der Waals surface area contributed by atoms with Crippen molar-refractivity contribution in [3.05, 3.63) is 29.8 Å². The second-order valence-electron chi connectivity index (χ2n) is 4.50. The van der Waals surface area contributed by atoms with Crippen LogP contribution in [-0.4, -0.2) is 23.1 Å². The van der Waals surface area contributed by atoms with E-state index in [1.54, 1.807) is 14.0 Å². The number of aromatic nitrogens is 1. The van der Waals surface area contributed by atoms with E-state index < -0.39 is 0 Å². The van der Waals surface area contributed by atoms with Crippen LogP contribution in [0.4, 0.5) is 0 Å². The number of Topliss-reactive ketones (excluding diaryl/α,β-unsaturated/α-hetero) is 1. The molecule has 1 aromatic carbocycles. The van der Waals surface area contributed by atoms with Crippen molar-refractivity contribution in [1.82, 2.24) is 4.98 Å². The van der Waals surface area contributed by atoms with Gasteiger partial charge in [0, 0.05) is 5.39 Å². The molecule has 0 aliphatic carbocycles. The Labute approximate surface area is 117 Å². The molecular formula is C15H17NO2S. The third-order valence-corrected chi connectivity index (χ3v) is 4.21. The van der Waals surface area contributed by atoms with Crippen LogP contribution >= 0.6 is 11.8 Å². The van der Waals surface area contributed by atoms with Crippen LogP contribution in [0.1, 0.15) is 19.4 Å². The largest absolute Gasteiger partial charge is 0.494 e. The Morgan fingerprint density at radius 2 is 2.16 bits per heavy atom. The lowest BCUT2D eigenvalue weighted by Crippen LogP contribution is -2.08. The molecule has 0 fully saturated rings. The first-order valence-electron chi connectivity index (χ1n) is 6.14. The minimum Gasteiger partial charge on any atom is -0.494 e. The molecule has 1 aromatic heterocycles. The first kappa shape index (κ1) is 13.9. The van der Waals surface area contributed by atoms with Gasteiger partial charge in [-0.1, -0.05) is 23.9 Å². The van der Waals surface area contributed by atoms with Gasteiger partial charge in [0.25, 0.3) is 0 Å². The number of benzene rings is 1. The molecule has 100 valence electrons. The van der Waals surface area contributed by atoms with Crippen molar-refractivity contribution in [2.75, 3.05) is 7.11 Å². The van der Waals surface area contributed by atoms with E-state index in [9.17, 15) is 4.79 Å². The average Bonchev–Trinajstić information content (AvgIpc) is 2.38. The Morgan fingerprint density at radius 1 is 1.42 bits per heavy atom. The molecule has 2 aromatic rings. The molecule has 1 heterocycles. The summed E-state index contributed by atoms with van der Waals surface area (Å²) in [5.74, 6) is 0.920. The summed E-state index contributed by atoms with van der Waals surface area (Å²) in [5, 5.41) is 1.86. The number of pyridine rings is 1. The number of methoxy groups -OCH3 is 1. The van der Waals surface area contributed by atoms with Gasteiger partial charge in [-0.2, -0.15) is 0 Å². The highest BCUT2D eigenvalue weighted by molar-refractivity contribution is 8.00. The number of carbonyl (C=O) groups excluding carboxylic acids is 1. The van der Waals surface area contributed by atoms with Crippen LogP contribution in [0, 0.1) is 6.92 Å². The predicted molar refractivity (Wildman–Crippen MR) is 79.0 cm³/mol. The molecule has 2 rings (SSSR count). The molecule has 0 saturated carbocycles. The molecule has 0 N–H and O–H groups in total. The monoisotopic (exact) mass is 275 g/mol. The maximum absolute atomic E-state index is 11.3. The fraction of sp³-hybridized carbons (Fsp3) is 0.333. The Morgan fingerprint density at radius 3 is 2.79 bits per heavy atom. The standard InChI is InChI=1S/C15H17NO2S/c1-9-8-14(19-11(3)10(2)17)16-15-12(9)6-5-7-13(15)18-4/h5-8,11H,1-4H3/t11-/m0/s1. The highest BCUT2D eigenvalue weighted by atomic mass is 32.2. The Bertz CT molecular complexity index is 625. The lowest BCUT2D eigenvalue weighted by Gasteiger charge is -2.11. The number of fused-ring (bicyclic) bond motifs is 1. The van der Waals surface area contributed by atoms with Crippen molar-refractivity contribution < 1.29 is 9.53 Å². The minimum absolute atomic E-state index is 0.0842. The molecular weight excluding hydrogens is 258 g/mol. The van der Waals surface area contributed by atoms with Crippen molar-refractivity contribution in [2.24, 2.45) is 0 Å². The molecule has 4 heteroatoms. The Kier molecular flexibility index (Phi) is 4.10. The molecule has 0 bridgehead atoms. The molecule has 0 radical (unpaired) electrons.